The van der Waals surface area contributed by atoms with Gasteiger partial charge in [0, 0.05) is 18.5 Å². The van der Waals surface area contributed by atoms with E-state index in [1.165, 1.54) is 11.1 Å². The quantitative estimate of drug-likeness (QED) is 0.579. The van der Waals surface area contributed by atoms with Gasteiger partial charge in [0.15, 0.2) is 0 Å². The van der Waals surface area contributed by atoms with E-state index >= 15 is 0 Å². The first-order valence-corrected chi connectivity index (χ1v) is 11.6. The molecular weight excluding hydrogens is 430 g/mol. The van der Waals surface area contributed by atoms with E-state index in [9.17, 15) is 18.0 Å². The number of para-hydroxylation sites is 1. The summed E-state index contributed by atoms with van der Waals surface area (Å²) < 4.78 is 28.2. The van der Waals surface area contributed by atoms with Crippen LogP contribution in [0, 0.1) is 0 Å². The van der Waals surface area contributed by atoms with Crippen molar-refractivity contribution < 1.29 is 18.0 Å². The highest BCUT2D eigenvalue weighted by atomic mass is 32.2. The van der Waals surface area contributed by atoms with Crippen LogP contribution in [0.25, 0.3) is 0 Å². The Labute approximate surface area is 187 Å². The first-order valence-electron chi connectivity index (χ1n) is 10.1. The first kappa shape index (κ1) is 23.4. The largest absolute Gasteiger partial charge is 0.368 e. The number of benzene rings is 2. The van der Waals surface area contributed by atoms with E-state index in [-0.39, 0.29) is 23.6 Å². The van der Waals surface area contributed by atoms with Crippen molar-refractivity contribution in [2.45, 2.75) is 50.2 Å². The molecule has 9 nitrogen and oxygen atoms in total. The van der Waals surface area contributed by atoms with Crippen LogP contribution in [0.5, 0.6) is 0 Å². The fourth-order valence-corrected chi connectivity index (χ4v) is 4.99. The summed E-state index contributed by atoms with van der Waals surface area (Å²) in [7, 11) is -3.78. The van der Waals surface area contributed by atoms with Gasteiger partial charge in [-0.2, -0.15) is 5.10 Å². The fraction of sp³-hybridized carbons (Fsp3) is 0.318. The molecule has 10 heteroatoms. The summed E-state index contributed by atoms with van der Waals surface area (Å²) in [6.45, 7) is 5.23. The van der Waals surface area contributed by atoms with Crippen LogP contribution >= 0.6 is 0 Å². The standard InChI is InChI=1S/C22H27N5O4S/c1-22(2,3)26-32(30,31)19-12-8-7-9-15(19)14-24-21(29)17-13-18(20(23)28)27(25-17)16-10-5-4-6-11-16/h4-12,18,26H,13-14H2,1-3H3,(H2,23,28)(H,24,29). The number of primary amides is 1. The minimum Gasteiger partial charge on any atom is -0.368 e. The molecule has 3 rings (SSSR count). The number of hydrogen-bond donors (Lipinski definition) is 3. The zero-order chi connectivity index (χ0) is 23.5. The van der Waals surface area contributed by atoms with Crippen LogP contribution in [-0.4, -0.2) is 37.5 Å². The smallest absolute Gasteiger partial charge is 0.267 e. The molecule has 2 amide bonds. The van der Waals surface area contributed by atoms with Crippen molar-refractivity contribution in [2.75, 3.05) is 5.01 Å². The molecule has 0 aliphatic carbocycles. The highest BCUT2D eigenvalue weighted by molar-refractivity contribution is 7.89. The molecule has 0 aromatic heterocycles. The minimum absolute atomic E-state index is 0.0222. The van der Waals surface area contributed by atoms with E-state index in [0.29, 0.717) is 11.3 Å². The van der Waals surface area contributed by atoms with Gasteiger partial charge in [0.05, 0.1) is 10.6 Å². The summed E-state index contributed by atoms with van der Waals surface area (Å²) in [4.78, 5) is 24.8. The molecule has 1 aliphatic heterocycles. The van der Waals surface area contributed by atoms with Gasteiger partial charge in [-0.3, -0.25) is 14.6 Å². The maximum absolute atomic E-state index is 12.8. The predicted octanol–water partition coefficient (Wildman–Crippen LogP) is 1.50. The Morgan fingerprint density at radius 1 is 1.09 bits per heavy atom. The fourth-order valence-electron chi connectivity index (χ4n) is 3.34. The van der Waals surface area contributed by atoms with E-state index in [0.717, 1.165) is 0 Å². The van der Waals surface area contributed by atoms with Crippen molar-refractivity contribution in [3.8, 4) is 0 Å². The minimum atomic E-state index is -3.78. The molecule has 0 bridgehead atoms. The summed E-state index contributed by atoms with van der Waals surface area (Å²) in [6.07, 6.45) is 0.0571. The second-order valence-corrected chi connectivity index (χ2v) is 10.1. The predicted molar refractivity (Wildman–Crippen MR) is 122 cm³/mol. The number of carbonyl (C=O) groups excluding carboxylic acids is 2. The Morgan fingerprint density at radius 3 is 2.34 bits per heavy atom. The second-order valence-electron chi connectivity index (χ2n) is 8.50. The molecule has 0 saturated carbocycles. The van der Waals surface area contributed by atoms with Gasteiger partial charge in [-0.15, -0.1) is 0 Å². The Bertz CT molecular complexity index is 1140. The Kier molecular flexibility index (Phi) is 6.65. The van der Waals surface area contributed by atoms with Gasteiger partial charge in [0.1, 0.15) is 11.8 Å². The molecule has 4 N–H and O–H groups in total. The molecule has 1 unspecified atom stereocenters. The van der Waals surface area contributed by atoms with Crippen molar-refractivity contribution in [1.82, 2.24) is 10.0 Å². The zero-order valence-electron chi connectivity index (χ0n) is 18.2. The van der Waals surface area contributed by atoms with Crippen molar-refractivity contribution >= 4 is 33.2 Å². The average molecular weight is 458 g/mol. The molecule has 2 aromatic rings. The lowest BCUT2D eigenvalue weighted by Gasteiger charge is -2.21. The Balaban J connectivity index is 1.78. The number of hydrogen-bond acceptors (Lipinski definition) is 6. The summed E-state index contributed by atoms with van der Waals surface area (Å²) in [6, 6.07) is 14.6. The lowest BCUT2D eigenvalue weighted by Crippen LogP contribution is -2.41. The van der Waals surface area contributed by atoms with Crippen LogP contribution in [0.3, 0.4) is 0 Å². The van der Waals surface area contributed by atoms with Crippen LogP contribution in [0.4, 0.5) is 5.69 Å². The molecule has 170 valence electrons. The van der Waals surface area contributed by atoms with Crippen LogP contribution in [0.1, 0.15) is 32.8 Å². The number of carbonyl (C=O) groups is 2. The molecule has 0 saturated heterocycles. The maximum atomic E-state index is 12.8. The lowest BCUT2D eigenvalue weighted by molar-refractivity contribution is -0.119. The molecule has 32 heavy (non-hydrogen) atoms. The highest BCUT2D eigenvalue weighted by Gasteiger charge is 2.35. The van der Waals surface area contributed by atoms with Crippen LogP contribution in [-0.2, 0) is 26.2 Å². The SMILES string of the molecule is CC(C)(C)NS(=O)(=O)c1ccccc1CNC(=O)C1=NN(c2ccccc2)C(C(N)=O)C1. The number of amides is 2. The van der Waals surface area contributed by atoms with Crippen molar-refractivity contribution in [3.05, 3.63) is 60.2 Å². The van der Waals surface area contributed by atoms with E-state index in [2.05, 4.69) is 15.1 Å². The average Bonchev–Trinajstić information content (AvgIpc) is 3.17. The Hall–Kier alpha value is -3.24. The summed E-state index contributed by atoms with van der Waals surface area (Å²) >= 11 is 0. The summed E-state index contributed by atoms with van der Waals surface area (Å²) in [5.41, 5.74) is 6.08. The lowest BCUT2D eigenvalue weighted by atomic mass is 10.1. The molecule has 1 aliphatic rings. The van der Waals surface area contributed by atoms with Gasteiger partial charge in [0.2, 0.25) is 15.9 Å². The van der Waals surface area contributed by atoms with E-state index < -0.39 is 33.4 Å². The summed E-state index contributed by atoms with van der Waals surface area (Å²) in [5, 5.41) is 8.44. The third-order valence-electron chi connectivity index (χ3n) is 4.66. The number of rotatable bonds is 7. The van der Waals surface area contributed by atoms with Gasteiger partial charge in [0.25, 0.3) is 5.91 Å². The number of nitrogens with two attached hydrogens (primary N) is 1. The monoisotopic (exact) mass is 457 g/mol. The molecule has 1 atom stereocenters. The van der Waals surface area contributed by atoms with Crippen LogP contribution < -0.4 is 20.8 Å². The second kappa shape index (κ2) is 9.09. The number of anilines is 1. The number of sulfonamides is 1. The maximum Gasteiger partial charge on any atom is 0.267 e. The van der Waals surface area contributed by atoms with Crippen LogP contribution in [0.2, 0.25) is 0 Å². The van der Waals surface area contributed by atoms with Crippen LogP contribution in [0.15, 0.2) is 64.6 Å². The van der Waals surface area contributed by atoms with Gasteiger partial charge >= 0.3 is 0 Å². The first-order chi connectivity index (χ1) is 15.0. The zero-order valence-corrected chi connectivity index (χ0v) is 19.0. The number of nitrogens with zero attached hydrogens (tertiary/aromatic N) is 2. The molecule has 2 aromatic carbocycles. The highest BCUT2D eigenvalue weighted by Crippen LogP contribution is 2.24. The molecule has 0 radical (unpaired) electrons. The van der Waals surface area contributed by atoms with Gasteiger partial charge < -0.3 is 11.1 Å². The van der Waals surface area contributed by atoms with E-state index in [4.69, 9.17) is 5.73 Å². The normalized spacial score (nSPS) is 16.5. The topological polar surface area (TPSA) is 134 Å². The van der Waals surface area contributed by atoms with Gasteiger partial charge in [-0.1, -0.05) is 36.4 Å². The molecule has 0 fully saturated rings. The van der Waals surface area contributed by atoms with E-state index in [1.54, 1.807) is 63.2 Å². The van der Waals surface area contributed by atoms with E-state index in [1.807, 2.05) is 6.07 Å². The van der Waals surface area contributed by atoms with Crippen molar-refractivity contribution in [2.24, 2.45) is 10.8 Å². The third kappa shape index (κ3) is 5.51. The summed E-state index contributed by atoms with van der Waals surface area (Å²) in [5.74, 6) is -1.09. The van der Waals surface area contributed by atoms with Crippen molar-refractivity contribution in [3.63, 3.8) is 0 Å². The number of hydrazone groups is 1. The Morgan fingerprint density at radius 2 is 1.72 bits per heavy atom. The molecular formula is C22H27N5O4S. The molecule has 0 spiro atoms. The van der Waals surface area contributed by atoms with Gasteiger partial charge in [-0.25, -0.2) is 13.1 Å². The molecule has 1 heterocycles. The third-order valence-corrected chi connectivity index (χ3v) is 6.52. The van der Waals surface area contributed by atoms with Gasteiger partial charge in [-0.05, 0) is 44.5 Å². The van der Waals surface area contributed by atoms with Crippen molar-refractivity contribution in [1.29, 1.82) is 0 Å². The number of nitrogens with one attached hydrogen (secondary N) is 2.